The lowest BCUT2D eigenvalue weighted by atomic mass is 10.1. The summed E-state index contributed by atoms with van der Waals surface area (Å²) in [5.41, 5.74) is -0.0873. The Morgan fingerprint density at radius 3 is 2.56 bits per heavy atom. The highest BCUT2D eigenvalue weighted by Crippen LogP contribution is 2.31. The molecular weight excluding hydrogens is 445 g/mol. The predicted molar refractivity (Wildman–Crippen MR) is 98.3 cm³/mol. The minimum absolute atomic E-state index is 0.199. The maximum atomic E-state index is 13.4. The van der Waals surface area contributed by atoms with Crippen molar-refractivity contribution in [2.24, 2.45) is 0 Å². The summed E-state index contributed by atoms with van der Waals surface area (Å²) in [6.45, 7) is 5.79. The fourth-order valence-corrected chi connectivity index (χ4v) is 3.28. The standard InChI is InChI=1S/C16H19F2IN4O2/c1-15(2,3)25-14(24)23-11-8-12(20-9-10(11)13(19)21-23)22-6-4-16(17,18)5-7-22/h8-9H,4-7H2,1-3H3. The molecule has 1 fully saturated rings. The predicted octanol–water partition coefficient (Wildman–Crippen LogP) is 4.05. The zero-order valence-corrected chi connectivity index (χ0v) is 16.4. The molecule has 6 nitrogen and oxygen atoms in total. The van der Waals surface area contributed by atoms with Crippen molar-refractivity contribution in [2.45, 2.75) is 45.1 Å². The van der Waals surface area contributed by atoms with Crippen LogP contribution in [-0.4, -0.2) is 45.5 Å². The molecule has 0 amide bonds. The second kappa shape index (κ2) is 6.33. The molecule has 0 bridgehead atoms. The van der Waals surface area contributed by atoms with Crippen molar-refractivity contribution in [3.05, 3.63) is 16.0 Å². The van der Waals surface area contributed by atoms with E-state index in [1.165, 1.54) is 4.68 Å². The highest BCUT2D eigenvalue weighted by Gasteiger charge is 2.34. The van der Waals surface area contributed by atoms with E-state index in [-0.39, 0.29) is 25.9 Å². The number of rotatable bonds is 1. The number of carbonyl (C=O) groups is 1. The van der Waals surface area contributed by atoms with Crippen molar-refractivity contribution in [2.75, 3.05) is 18.0 Å². The largest absolute Gasteiger partial charge is 0.442 e. The summed E-state index contributed by atoms with van der Waals surface area (Å²) in [5, 5.41) is 4.95. The van der Waals surface area contributed by atoms with E-state index in [4.69, 9.17) is 4.74 Å². The molecule has 0 aliphatic carbocycles. The molecule has 1 aliphatic rings. The average molecular weight is 464 g/mol. The van der Waals surface area contributed by atoms with Gasteiger partial charge in [-0.1, -0.05) is 0 Å². The van der Waals surface area contributed by atoms with Crippen LogP contribution in [0.4, 0.5) is 19.4 Å². The second-order valence-corrected chi connectivity index (χ2v) is 8.11. The monoisotopic (exact) mass is 464 g/mol. The number of alkyl halides is 2. The van der Waals surface area contributed by atoms with Gasteiger partial charge in [-0.05, 0) is 43.4 Å². The van der Waals surface area contributed by atoms with Crippen LogP contribution in [0.2, 0.25) is 0 Å². The van der Waals surface area contributed by atoms with Crippen molar-refractivity contribution in [1.82, 2.24) is 14.8 Å². The molecule has 1 aliphatic heterocycles. The van der Waals surface area contributed by atoms with E-state index in [0.29, 0.717) is 15.0 Å². The van der Waals surface area contributed by atoms with Crippen LogP contribution >= 0.6 is 22.6 Å². The summed E-state index contributed by atoms with van der Waals surface area (Å²) in [6, 6.07) is 1.71. The van der Waals surface area contributed by atoms with Gasteiger partial charge in [-0.15, -0.1) is 0 Å². The van der Waals surface area contributed by atoms with E-state index in [9.17, 15) is 13.6 Å². The first-order valence-electron chi connectivity index (χ1n) is 7.96. The van der Waals surface area contributed by atoms with Gasteiger partial charge in [0.25, 0.3) is 5.92 Å². The van der Waals surface area contributed by atoms with Crippen LogP contribution in [0, 0.1) is 3.70 Å². The normalized spacial score (nSPS) is 17.8. The van der Waals surface area contributed by atoms with Gasteiger partial charge in [0.15, 0.2) is 0 Å². The van der Waals surface area contributed by atoms with Crippen LogP contribution < -0.4 is 4.90 Å². The first-order valence-corrected chi connectivity index (χ1v) is 9.04. The average Bonchev–Trinajstić information content (AvgIpc) is 2.82. The third-order valence-electron chi connectivity index (χ3n) is 3.89. The van der Waals surface area contributed by atoms with Gasteiger partial charge >= 0.3 is 6.09 Å². The number of pyridine rings is 1. The molecule has 136 valence electrons. The van der Waals surface area contributed by atoms with Crippen LogP contribution in [0.15, 0.2) is 12.3 Å². The van der Waals surface area contributed by atoms with E-state index < -0.39 is 17.6 Å². The van der Waals surface area contributed by atoms with Crippen LogP contribution in [0.3, 0.4) is 0 Å². The van der Waals surface area contributed by atoms with Crippen molar-refractivity contribution in [3.63, 3.8) is 0 Å². The lowest BCUT2D eigenvalue weighted by Gasteiger charge is -2.32. The Hall–Kier alpha value is -1.52. The van der Waals surface area contributed by atoms with Gasteiger partial charge in [0.1, 0.15) is 15.1 Å². The summed E-state index contributed by atoms with van der Waals surface area (Å²) >= 11 is 2.03. The van der Waals surface area contributed by atoms with Gasteiger partial charge in [0.2, 0.25) is 0 Å². The molecule has 0 spiro atoms. The molecule has 9 heteroatoms. The smallest absolute Gasteiger partial charge is 0.435 e. The Morgan fingerprint density at radius 2 is 1.96 bits per heavy atom. The van der Waals surface area contributed by atoms with Gasteiger partial charge in [0, 0.05) is 38.2 Å². The Kier molecular flexibility index (Phi) is 4.63. The number of hydrogen-bond acceptors (Lipinski definition) is 5. The number of carbonyl (C=O) groups excluding carboxylic acids is 1. The summed E-state index contributed by atoms with van der Waals surface area (Å²) < 4.78 is 33.9. The van der Waals surface area contributed by atoms with Crippen molar-refractivity contribution in [1.29, 1.82) is 0 Å². The lowest BCUT2D eigenvalue weighted by Crippen LogP contribution is -2.39. The molecule has 0 unspecified atom stereocenters. The third kappa shape index (κ3) is 4.01. The molecule has 0 saturated carbocycles. The van der Waals surface area contributed by atoms with Gasteiger partial charge in [0.05, 0.1) is 10.9 Å². The topological polar surface area (TPSA) is 60.3 Å². The first kappa shape index (κ1) is 18.3. The Morgan fingerprint density at radius 1 is 1.32 bits per heavy atom. The summed E-state index contributed by atoms with van der Waals surface area (Å²) in [5.74, 6) is -2.06. The van der Waals surface area contributed by atoms with E-state index in [1.807, 2.05) is 22.6 Å². The number of aromatic nitrogens is 3. The van der Waals surface area contributed by atoms with Gasteiger partial charge in [-0.3, -0.25) is 0 Å². The Balaban J connectivity index is 1.94. The highest BCUT2D eigenvalue weighted by molar-refractivity contribution is 14.1. The molecule has 0 N–H and O–H groups in total. The van der Waals surface area contributed by atoms with Crippen LogP contribution in [0.1, 0.15) is 33.6 Å². The number of hydrogen-bond donors (Lipinski definition) is 0. The third-order valence-corrected chi connectivity index (χ3v) is 4.69. The van der Waals surface area contributed by atoms with E-state index in [0.717, 1.165) is 5.39 Å². The minimum Gasteiger partial charge on any atom is -0.442 e. The maximum Gasteiger partial charge on any atom is 0.435 e. The second-order valence-electron chi connectivity index (χ2n) is 7.09. The minimum atomic E-state index is -2.62. The molecule has 3 rings (SSSR count). The van der Waals surface area contributed by atoms with Crippen LogP contribution in [0.25, 0.3) is 10.9 Å². The molecule has 0 aromatic carbocycles. The van der Waals surface area contributed by atoms with E-state index >= 15 is 0 Å². The molecule has 25 heavy (non-hydrogen) atoms. The Bertz CT molecular complexity index is 806. The molecule has 0 radical (unpaired) electrons. The first-order chi connectivity index (χ1) is 11.6. The van der Waals surface area contributed by atoms with Crippen molar-refractivity contribution in [3.8, 4) is 0 Å². The zero-order valence-electron chi connectivity index (χ0n) is 14.2. The lowest BCUT2D eigenvalue weighted by molar-refractivity contribution is -0.0221. The van der Waals surface area contributed by atoms with Crippen molar-refractivity contribution < 1.29 is 18.3 Å². The van der Waals surface area contributed by atoms with E-state index in [1.54, 1.807) is 37.9 Å². The Labute approximate surface area is 157 Å². The SMILES string of the molecule is CC(C)(C)OC(=O)n1nc(I)c2cnc(N3CCC(F)(F)CC3)cc21. The number of anilines is 1. The summed E-state index contributed by atoms with van der Waals surface area (Å²) in [7, 11) is 0. The molecule has 0 atom stereocenters. The summed E-state index contributed by atoms with van der Waals surface area (Å²) in [6.07, 6.45) is 0.640. The number of ether oxygens (including phenoxy) is 1. The van der Waals surface area contributed by atoms with Crippen LogP contribution in [-0.2, 0) is 4.74 Å². The molecule has 3 heterocycles. The maximum absolute atomic E-state index is 13.4. The quantitative estimate of drug-likeness (QED) is 0.597. The molecular formula is C16H19F2IN4O2. The van der Waals surface area contributed by atoms with Gasteiger partial charge in [-0.25, -0.2) is 18.6 Å². The molecule has 1 saturated heterocycles. The van der Waals surface area contributed by atoms with Gasteiger partial charge in [-0.2, -0.15) is 9.78 Å². The van der Waals surface area contributed by atoms with E-state index in [2.05, 4.69) is 10.1 Å². The highest BCUT2D eigenvalue weighted by atomic mass is 127. The van der Waals surface area contributed by atoms with Gasteiger partial charge < -0.3 is 9.64 Å². The fraction of sp³-hybridized carbons (Fsp3) is 0.562. The molecule has 2 aromatic rings. The molecule has 2 aromatic heterocycles. The van der Waals surface area contributed by atoms with Crippen molar-refractivity contribution >= 4 is 45.4 Å². The fourth-order valence-electron chi connectivity index (χ4n) is 2.64. The zero-order chi connectivity index (χ0) is 18.4. The summed E-state index contributed by atoms with van der Waals surface area (Å²) in [4.78, 5) is 18.6. The number of fused-ring (bicyclic) bond motifs is 1. The van der Waals surface area contributed by atoms with Crippen LogP contribution in [0.5, 0.6) is 0 Å². The number of piperidine rings is 1. The number of halogens is 3. The number of nitrogens with zero attached hydrogens (tertiary/aromatic N) is 4.